The first-order valence-electron chi connectivity index (χ1n) is 10.1. The molecule has 0 aliphatic carbocycles. The van der Waals surface area contributed by atoms with Gasteiger partial charge in [0, 0.05) is 25.8 Å². The van der Waals surface area contributed by atoms with Crippen molar-refractivity contribution in [2.45, 2.75) is 27.0 Å². The number of methoxy groups -OCH3 is 2. The summed E-state index contributed by atoms with van der Waals surface area (Å²) in [4.78, 5) is 25.6. The summed E-state index contributed by atoms with van der Waals surface area (Å²) in [6.07, 6.45) is 0. The van der Waals surface area contributed by atoms with E-state index in [1.54, 1.807) is 19.1 Å². The summed E-state index contributed by atoms with van der Waals surface area (Å²) in [5, 5.41) is 0.764. The second-order valence-electron chi connectivity index (χ2n) is 7.08. The minimum atomic E-state index is -0.0623. The molecule has 0 fully saturated rings. The maximum absolute atomic E-state index is 13.5. The molecule has 31 heavy (non-hydrogen) atoms. The average Bonchev–Trinajstić information content (AvgIpc) is 3.13. The van der Waals surface area contributed by atoms with E-state index in [1.165, 1.54) is 11.3 Å². The lowest BCUT2D eigenvalue weighted by molar-refractivity contribution is 0.0753. The van der Waals surface area contributed by atoms with Gasteiger partial charge in [-0.15, -0.1) is 11.3 Å². The number of nitrogens with zero attached hydrogens (tertiary/aromatic N) is 3. The Kier molecular flexibility index (Phi) is 6.24. The Morgan fingerprint density at radius 1 is 1.23 bits per heavy atom. The van der Waals surface area contributed by atoms with E-state index >= 15 is 0 Å². The molecule has 0 bridgehead atoms. The zero-order valence-electron chi connectivity index (χ0n) is 18.1. The van der Waals surface area contributed by atoms with Crippen LogP contribution in [0, 0.1) is 6.92 Å². The fourth-order valence-electron chi connectivity index (χ4n) is 3.62. The van der Waals surface area contributed by atoms with Crippen LogP contribution in [-0.2, 0) is 17.9 Å². The van der Waals surface area contributed by atoms with Gasteiger partial charge in [-0.1, -0.05) is 12.1 Å². The monoisotopic (exact) mass is 443 g/mol. The Balaban J connectivity index is 1.68. The van der Waals surface area contributed by atoms with Crippen LogP contribution in [0.2, 0.25) is 0 Å². The maximum Gasteiger partial charge on any atom is 0.264 e. The smallest absolute Gasteiger partial charge is 0.264 e. The Labute approximate surface area is 184 Å². The van der Waals surface area contributed by atoms with Crippen molar-refractivity contribution >= 4 is 27.5 Å². The fraction of sp³-hybridized carbons (Fsp3) is 0.409. The van der Waals surface area contributed by atoms with Crippen LogP contribution >= 0.6 is 11.3 Å². The number of aromatic nitrogens is 2. The molecule has 3 aromatic rings. The highest BCUT2D eigenvalue weighted by Gasteiger charge is 2.26. The van der Waals surface area contributed by atoms with E-state index in [0.29, 0.717) is 53.5 Å². The van der Waals surface area contributed by atoms with Gasteiger partial charge in [-0.25, -0.2) is 4.98 Å². The molecule has 8 nitrogen and oxygen atoms in total. The minimum Gasteiger partial charge on any atom is -0.486 e. The lowest BCUT2D eigenvalue weighted by Crippen LogP contribution is -2.30. The predicted octanol–water partition coefficient (Wildman–Crippen LogP) is 3.59. The van der Waals surface area contributed by atoms with E-state index in [-0.39, 0.29) is 12.5 Å². The molecule has 3 heterocycles. The molecule has 1 amide bonds. The highest BCUT2D eigenvalue weighted by Crippen LogP contribution is 2.37. The third-order valence-electron chi connectivity index (χ3n) is 5.14. The average molecular weight is 444 g/mol. The minimum absolute atomic E-state index is 0.0623. The van der Waals surface area contributed by atoms with E-state index in [9.17, 15) is 4.79 Å². The molecule has 0 spiro atoms. The summed E-state index contributed by atoms with van der Waals surface area (Å²) in [5.74, 6) is 2.34. The zero-order valence-corrected chi connectivity index (χ0v) is 18.9. The molecule has 1 aliphatic heterocycles. The number of rotatable bonds is 7. The largest absolute Gasteiger partial charge is 0.486 e. The summed E-state index contributed by atoms with van der Waals surface area (Å²) < 4.78 is 22.1. The highest BCUT2D eigenvalue weighted by molar-refractivity contribution is 7.20. The van der Waals surface area contributed by atoms with Gasteiger partial charge in [-0.3, -0.25) is 4.79 Å². The van der Waals surface area contributed by atoms with E-state index in [2.05, 4.69) is 9.97 Å². The van der Waals surface area contributed by atoms with Crippen molar-refractivity contribution in [3.63, 3.8) is 0 Å². The molecule has 0 radical (unpaired) electrons. The highest BCUT2D eigenvalue weighted by atomic mass is 32.1. The number of aryl methyl sites for hydroxylation is 1. The fourth-order valence-corrected chi connectivity index (χ4v) is 4.78. The topological polar surface area (TPSA) is 83.0 Å². The summed E-state index contributed by atoms with van der Waals surface area (Å²) in [6, 6.07) is 5.77. The van der Waals surface area contributed by atoms with E-state index in [1.807, 2.05) is 32.0 Å². The molecule has 1 aromatic carbocycles. The predicted molar refractivity (Wildman–Crippen MR) is 117 cm³/mol. The molecule has 9 heteroatoms. The third-order valence-corrected chi connectivity index (χ3v) is 6.32. The van der Waals surface area contributed by atoms with Gasteiger partial charge >= 0.3 is 0 Å². The van der Waals surface area contributed by atoms with Crippen LogP contribution in [-0.4, -0.2) is 54.8 Å². The number of fused-ring (bicyclic) bond motifs is 2. The lowest BCUT2D eigenvalue weighted by atomic mass is 10.1. The SMILES string of the molecule is CCN(Cc1cccc2c1OCCO2)C(=O)c1sc2nc(COC)nc(OC)c2c1C. The van der Waals surface area contributed by atoms with Gasteiger partial charge in [-0.05, 0) is 25.5 Å². The molecule has 0 saturated heterocycles. The van der Waals surface area contributed by atoms with Crippen LogP contribution in [0.3, 0.4) is 0 Å². The molecule has 4 rings (SSSR count). The number of carbonyl (C=O) groups excluding carboxylic acids is 1. The second kappa shape index (κ2) is 9.07. The Morgan fingerprint density at radius 2 is 2.03 bits per heavy atom. The summed E-state index contributed by atoms with van der Waals surface area (Å²) in [7, 11) is 3.15. The van der Waals surface area contributed by atoms with E-state index < -0.39 is 0 Å². The van der Waals surface area contributed by atoms with Crippen LogP contribution in [0.15, 0.2) is 18.2 Å². The van der Waals surface area contributed by atoms with Crippen LogP contribution in [0.25, 0.3) is 10.2 Å². The Bertz CT molecular complexity index is 1110. The third kappa shape index (κ3) is 4.03. The second-order valence-corrected chi connectivity index (χ2v) is 8.08. The summed E-state index contributed by atoms with van der Waals surface area (Å²) in [6.45, 7) is 6.15. The van der Waals surface area contributed by atoms with Crippen LogP contribution in [0.5, 0.6) is 17.4 Å². The molecule has 1 aliphatic rings. The standard InChI is InChI=1S/C22H25N3O5S/c1-5-25(11-14-7-6-8-15-18(14)30-10-9-29-15)22(26)19-13(2)17-20(28-4)23-16(12-27-3)24-21(17)31-19/h6-8H,5,9-12H2,1-4H3. The van der Waals surface area contributed by atoms with Gasteiger partial charge < -0.3 is 23.8 Å². The molecular formula is C22H25N3O5S. The number of benzene rings is 1. The molecule has 0 saturated carbocycles. The number of amides is 1. The molecule has 0 unspecified atom stereocenters. The van der Waals surface area contributed by atoms with E-state index in [0.717, 1.165) is 22.3 Å². The summed E-state index contributed by atoms with van der Waals surface area (Å²) >= 11 is 1.35. The maximum atomic E-state index is 13.5. The van der Waals surface area contributed by atoms with Crippen LogP contribution in [0.1, 0.15) is 33.5 Å². The Hall–Kier alpha value is -2.91. The van der Waals surface area contributed by atoms with Gasteiger partial charge in [0.2, 0.25) is 5.88 Å². The van der Waals surface area contributed by atoms with Gasteiger partial charge in [0.1, 0.15) is 24.7 Å². The van der Waals surface area contributed by atoms with Gasteiger partial charge in [0.25, 0.3) is 5.91 Å². The van der Waals surface area contributed by atoms with Crippen molar-refractivity contribution < 1.29 is 23.7 Å². The number of hydrogen-bond acceptors (Lipinski definition) is 8. The quantitative estimate of drug-likeness (QED) is 0.552. The van der Waals surface area contributed by atoms with Crippen molar-refractivity contribution in [3.05, 3.63) is 40.0 Å². The molecule has 164 valence electrons. The van der Waals surface area contributed by atoms with Gasteiger partial charge in [0.05, 0.1) is 17.4 Å². The molecule has 2 aromatic heterocycles. The first-order valence-corrected chi connectivity index (χ1v) is 10.9. The van der Waals surface area contributed by atoms with Gasteiger partial charge in [-0.2, -0.15) is 4.98 Å². The van der Waals surface area contributed by atoms with Gasteiger partial charge in [0.15, 0.2) is 17.3 Å². The first kappa shape index (κ1) is 21.3. The zero-order chi connectivity index (χ0) is 22.0. The molecule has 0 N–H and O–H groups in total. The van der Waals surface area contributed by atoms with Crippen molar-refractivity contribution in [1.82, 2.24) is 14.9 Å². The first-order chi connectivity index (χ1) is 15.1. The molecule has 0 atom stereocenters. The normalized spacial score (nSPS) is 12.8. The number of para-hydroxylation sites is 1. The number of hydrogen-bond donors (Lipinski definition) is 0. The van der Waals surface area contributed by atoms with Crippen molar-refractivity contribution in [3.8, 4) is 17.4 Å². The summed E-state index contributed by atoms with van der Waals surface area (Å²) in [5.41, 5.74) is 1.74. The molecular weight excluding hydrogens is 418 g/mol. The van der Waals surface area contributed by atoms with Crippen molar-refractivity contribution in [2.24, 2.45) is 0 Å². The Morgan fingerprint density at radius 3 is 2.77 bits per heavy atom. The number of carbonyl (C=O) groups is 1. The van der Waals surface area contributed by atoms with Crippen LogP contribution in [0.4, 0.5) is 0 Å². The number of thiophene rings is 1. The lowest BCUT2D eigenvalue weighted by Gasteiger charge is -2.25. The number of ether oxygens (including phenoxy) is 4. The van der Waals surface area contributed by atoms with Crippen LogP contribution < -0.4 is 14.2 Å². The van der Waals surface area contributed by atoms with E-state index in [4.69, 9.17) is 18.9 Å². The van der Waals surface area contributed by atoms with Crippen molar-refractivity contribution in [2.75, 3.05) is 34.0 Å². The van der Waals surface area contributed by atoms with Crippen molar-refractivity contribution in [1.29, 1.82) is 0 Å².